The number of hydrogen-bond acceptors (Lipinski definition) is 5. The molecule has 0 atom stereocenters. The minimum atomic E-state index is -0.904. The first-order valence-corrected chi connectivity index (χ1v) is 8.24. The summed E-state index contributed by atoms with van der Waals surface area (Å²) < 4.78 is 2.78. The van der Waals surface area contributed by atoms with Gasteiger partial charge < -0.3 is 5.11 Å². The van der Waals surface area contributed by atoms with Gasteiger partial charge in [0.25, 0.3) is 0 Å². The fraction of sp³-hybridized carbons (Fsp3) is 0.462. The number of thiazole rings is 1. The summed E-state index contributed by atoms with van der Waals surface area (Å²) in [6.07, 6.45) is 0.921. The van der Waals surface area contributed by atoms with Crippen molar-refractivity contribution in [2.24, 2.45) is 0 Å². The molecule has 7 heteroatoms. The standard InChI is InChI=1S/C13H17N3O2S2/c1-4-9-6-10(16(5-2)15-9)7-19-13-14-8(3)11(20-13)12(17)18/h6H,4-5,7H2,1-3H3,(H,17,18). The van der Waals surface area contributed by atoms with E-state index in [2.05, 4.69) is 30.0 Å². The van der Waals surface area contributed by atoms with E-state index in [0.29, 0.717) is 10.6 Å². The highest BCUT2D eigenvalue weighted by atomic mass is 32.2. The van der Waals surface area contributed by atoms with Gasteiger partial charge in [-0.05, 0) is 26.3 Å². The summed E-state index contributed by atoms with van der Waals surface area (Å²) in [5.41, 5.74) is 2.83. The lowest BCUT2D eigenvalue weighted by atomic mass is 10.3. The number of carboxylic acid groups (broad SMARTS) is 1. The fourth-order valence-electron chi connectivity index (χ4n) is 1.85. The SMILES string of the molecule is CCc1cc(CSc2nc(C)c(C(=O)O)s2)n(CC)n1. The van der Waals surface area contributed by atoms with E-state index in [1.807, 2.05) is 4.68 Å². The van der Waals surface area contributed by atoms with Crippen LogP contribution in [0.1, 0.15) is 40.6 Å². The number of rotatable bonds is 6. The number of aryl methyl sites for hydroxylation is 3. The molecule has 0 aliphatic heterocycles. The third kappa shape index (κ3) is 3.21. The summed E-state index contributed by atoms with van der Waals surface area (Å²) >= 11 is 2.80. The van der Waals surface area contributed by atoms with Crippen molar-refractivity contribution in [3.8, 4) is 0 Å². The van der Waals surface area contributed by atoms with Crippen LogP contribution in [0.3, 0.4) is 0 Å². The molecular weight excluding hydrogens is 294 g/mol. The minimum Gasteiger partial charge on any atom is -0.477 e. The third-order valence-electron chi connectivity index (χ3n) is 2.89. The summed E-state index contributed by atoms with van der Waals surface area (Å²) in [6.45, 7) is 6.72. The zero-order chi connectivity index (χ0) is 14.7. The van der Waals surface area contributed by atoms with Gasteiger partial charge in [-0.1, -0.05) is 18.7 Å². The van der Waals surface area contributed by atoms with Gasteiger partial charge >= 0.3 is 5.97 Å². The van der Waals surface area contributed by atoms with E-state index in [4.69, 9.17) is 5.11 Å². The molecule has 20 heavy (non-hydrogen) atoms. The lowest BCUT2D eigenvalue weighted by Gasteiger charge is -2.02. The monoisotopic (exact) mass is 311 g/mol. The van der Waals surface area contributed by atoms with Gasteiger partial charge in [-0.25, -0.2) is 9.78 Å². The number of carbonyl (C=O) groups is 1. The van der Waals surface area contributed by atoms with Crippen LogP contribution in [0.25, 0.3) is 0 Å². The van der Waals surface area contributed by atoms with Crippen LogP contribution >= 0.6 is 23.1 Å². The molecule has 2 heterocycles. The van der Waals surface area contributed by atoms with Gasteiger partial charge in [0.2, 0.25) is 0 Å². The zero-order valence-electron chi connectivity index (χ0n) is 11.7. The van der Waals surface area contributed by atoms with Gasteiger partial charge in [0.15, 0.2) is 4.34 Å². The molecule has 0 aromatic carbocycles. The lowest BCUT2D eigenvalue weighted by Crippen LogP contribution is -2.01. The van der Waals surface area contributed by atoms with E-state index in [-0.39, 0.29) is 0 Å². The largest absolute Gasteiger partial charge is 0.477 e. The van der Waals surface area contributed by atoms with Crippen molar-refractivity contribution in [3.05, 3.63) is 28.0 Å². The molecule has 1 N–H and O–H groups in total. The van der Waals surface area contributed by atoms with Crippen LogP contribution in [0.5, 0.6) is 0 Å². The van der Waals surface area contributed by atoms with Crippen LogP contribution in [-0.4, -0.2) is 25.8 Å². The van der Waals surface area contributed by atoms with Crippen LogP contribution in [0.15, 0.2) is 10.4 Å². The number of nitrogens with zero attached hydrogens (tertiary/aromatic N) is 3. The van der Waals surface area contributed by atoms with Crippen molar-refractivity contribution in [1.82, 2.24) is 14.8 Å². The van der Waals surface area contributed by atoms with Gasteiger partial charge in [0, 0.05) is 18.0 Å². The van der Waals surface area contributed by atoms with Gasteiger partial charge in [-0.15, -0.1) is 11.3 Å². The third-order valence-corrected chi connectivity index (χ3v) is 5.21. The van der Waals surface area contributed by atoms with Crippen LogP contribution in [0.2, 0.25) is 0 Å². The van der Waals surface area contributed by atoms with Crippen molar-refractivity contribution in [3.63, 3.8) is 0 Å². The average molecular weight is 311 g/mol. The Morgan fingerprint density at radius 2 is 2.25 bits per heavy atom. The van der Waals surface area contributed by atoms with E-state index in [9.17, 15) is 4.79 Å². The molecule has 2 aromatic heterocycles. The number of aromatic nitrogens is 3. The second-order valence-corrected chi connectivity index (χ2v) is 6.51. The topological polar surface area (TPSA) is 68.0 Å². The maximum absolute atomic E-state index is 11.0. The van der Waals surface area contributed by atoms with Gasteiger partial charge in [0.1, 0.15) is 4.88 Å². The summed E-state index contributed by atoms with van der Waals surface area (Å²) in [5, 5.41) is 13.5. The predicted molar refractivity (Wildman–Crippen MR) is 80.7 cm³/mol. The molecule has 0 aliphatic rings. The second kappa shape index (κ2) is 6.41. The van der Waals surface area contributed by atoms with E-state index in [1.165, 1.54) is 11.3 Å². The van der Waals surface area contributed by atoms with Crippen LogP contribution in [-0.2, 0) is 18.7 Å². The first-order chi connectivity index (χ1) is 9.55. The Balaban J connectivity index is 2.10. The Morgan fingerprint density at radius 1 is 1.50 bits per heavy atom. The van der Waals surface area contributed by atoms with Gasteiger partial charge in [-0.2, -0.15) is 5.10 Å². The molecule has 2 rings (SSSR count). The molecule has 0 fully saturated rings. The molecule has 2 aromatic rings. The molecule has 0 bridgehead atoms. The Bertz CT molecular complexity index is 619. The normalized spacial score (nSPS) is 10.9. The quantitative estimate of drug-likeness (QED) is 0.830. The number of thioether (sulfide) groups is 1. The van der Waals surface area contributed by atoms with Crippen LogP contribution in [0.4, 0.5) is 0 Å². The maximum atomic E-state index is 11.0. The molecule has 0 amide bonds. The Kier molecular flexibility index (Phi) is 4.82. The molecule has 0 radical (unpaired) electrons. The molecule has 108 valence electrons. The predicted octanol–water partition coefficient (Wildman–Crippen LogP) is 3.22. The minimum absolute atomic E-state index is 0.325. The van der Waals surface area contributed by atoms with Crippen LogP contribution in [0, 0.1) is 6.92 Å². The van der Waals surface area contributed by atoms with E-state index in [1.54, 1.807) is 18.7 Å². The zero-order valence-corrected chi connectivity index (χ0v) is 13.3. The average Bonchev–Trinajstić information content (AvgIpc) is 2.99. The van der Waals surface area contributed by atoms with E-state index >= 15 is 0 Å². The molecular formula is C13H17N3O2S2. The first kappa shape index (κ1) is 15.1. The number of carboxylic acids is 1. The summed E-state index contributed by atoms with van der Waals surface area (Å²) in [6, 6.07) is 2.11. The highest BCUT2D eigenvalue weighted by Crippen LogP contribution is 2.29. The smallest absolute Gasteiger partial charge is 0.347 e. The van der Waals surface area contributed by atoms with Crippen molar-refractivity contribution in [2.75, 3.05) is 0 Å². The maximum Gasteiger partial charge on any atom is 0.347 e. The second-order valence-electron chi connectivity index (χ2n) is 4.28. The van der Waals surface area contributed by atoms with Crippen molar-refractivity contribution < 1.29 is 9.90 Å². The fourth-order valence-corrected chi connectivity index (χ4v) is 3.85. The molecule has 0 spiro atoms. The van der Waals surface area contributed by atoms with Crippen molar-refractivity contribution in [2.45, 2.75) is 43.8 Å². The highest BCUT2D eigenvalue weighted by molar-refractivity contribution is 8.00. The molecule has 5 nitrogen and oxygen atoms in total. The van der Waals surface area contributed by atoms with Crippen molar-refractivity contribution >= 4 is 29.1 Å². The summed E-state index contributed by atoms with van der Waals surface area (Å²) in [4.78, 5) is 15.6. The lowest BCUT2D eigenvalue weighted by molar-refractivity contribution is 0.0701. The Labute approximate surface area is 126 Å². The summed E-state index contributed by atoms with van der Waals surface area (Å²) in [7, 11) is 0. The Morgan fingerprint density at radius 3 is 2.80 bits per heavy atom. The molecule has 0 unspecified atom stereocenters. The molecule has 0 saturated carbocycles. The first-order valence-electron chi connectivity index (χ1n) is 6.44. The highest BCUT2D eigenvalue weighted by Gasteiger charge is 2.15. The molecule has 0 aliphatic carbocycles. The number of hydrogen-bond donors (Lipinski definition) is 1. The van der Waals surface area contributed by atoms with Gasteiger partial charge in [0.05, 0.1) is 11.4 Å². The van der Waals surface area contributed by atoms with Gasteiger partial charge in [-0.3, -0.25) is 4.68 Å². The molecule has 0 saturated heterocycles. The van der Waals surface area contributed by atoms with E-state index < -0.39 is 5.97 Å². The van der Waals surface area contributed by atoms with Crippen molar-refractivity contribution in [1.29, 1.82) is 0 Å². The Hall–Kier alpha value is -1.34. The van der Waals surface area contributed by atoms with E-state index in [0.717, 1.165) is 34.4 Å². The number of aromatic carboxylic acids is 1. The van der Waals surface area contributed by atoms with Crippen LogP contribution < -0.4 is 0 Å². The summed E-state index contributed by atoms with van der Waals surface area (Å²) in [5.74, 6) is -0.147.